The molecule has 1 saturated heterocycles. The molecular weight excluding hydrogens is 482 g/mol. The van der Waals surface area contributed by atoms with Gasteiger partial charge in [0, 0.05) is 0 Å². The number of nitrogens with zero attached hydrogens (tertiary/aromatic N) is 1. The molecule has 0 bridgehead atoms. The Bertz CT molecular complexity index is 990. The van der Waals surface area contributed by atoms with Gasteiger partial charge in [0.25, 0.3) is 0 Å². The number of benzene rings is 1. The summed E-state index contributed by atoms with van der Waals surface area (Å²) in [7, 11) is 1.63. The van der Waals surface area contributed by atoms with Gasteiger partial charge in [0.05, 0.1) is 38.4 Å². The highest BCUT2D eigenvalue weighted by Crippen LogP contribution is 2.27. The molecule has 3 atom stereocenters. The molecule has 1 aromatic rings. The Labute approximate surface area is 228 Å². The summed E-state index contributed by atoms with van der Waals surface area (Å²) >= 11 is 0. The summed E-state index contributed by atoms with van der Waals surface area (Å²) in [6, 6.07) is 7.34. The van der Waals surface area contributed by atoms with Crippen molar-refractivity contribution in [2.24, 2.45) is 11.8 Å². The lowest BCUT2D eigenvalue weighted by atomic mass is 9.90. The number of aliphatic hydroxyl groups is 1. The summed E-state index contributed by atoms with van der Waals surface area (Å²) < 4.78 is 16.4. The SMILES string of the molecule is C=C(C)CC[C@@H](C(=O)N1C(=O)OC[C@H]1C(C)C)[C@@H](O)/C=C(/CCC=C(C)C)COCc1ccc(OC)cc1. The molecule has 0 aliphatic carbocycles. The molecule has 1 aromatic carbocycles. The number of methoxy groups -OCH3 is 1. The van der Waals surface area contributed by atoms with Crippen LogP contribution in [0.5, 0.6) is 5.75 Å². The summed E-state index contributed by atoms with van der Waals surface area (Å²) in [6.07, 6.45) is 4.59. The highest BCUT2D eigenvalue weighted by atomic mass is 16.6. The van der Waals surface area contributed by atoms with E-state index >= 15 is 0 Å². The first-order chi connectivity index (χ1) is 18.0. The van der Waals surface area contributed by atoms with E-state index in [0.717, 1.165) is 28.9 Å². The highest BCUT2D eigenvalue weighted by Gasteiger charge is 2.43. The number of ether oxygens (including phenoxy) is 3. The average Bonchev–Trinajstić information content (AvgIpc) is 3.25. The summed E-state index contributed by atoms with van der Waals surface area (Å²) in [5.41, 5.74) is 4.04. The smallest absolute Gasteiger partial charge is 0.416 e. The number of rotatable bonds is 15. The fourth-order valence-corrected chi connectivity index (χ4v) is 4.33. The summed E-state index contributed by atoms with van der Waals surface area (Å²) in [5.74, 6) is -0.366. The van der Waals surface area contributed by atoms with Crippen molar-refractivity contribution in [3.8, 4) is 5.75 Å². The molecule has 2 amide bonds. The monoisotopic (exact) mass is 527 g/mol. The number of imide groups is 1. The van der Waals surface area contributed by atoms with Gasteiger partial charge in [0.2, 0.25) is 5.91 Å². The molecule has 7 nitrogen and oxygen atoms in total. The number of aliphatic hydroxyl groups excluding tert-OH is 1. The van der Waals surface area contributed by atoms with Gasteiger partial charge in [0.15, 0.2) is 0 Å². The third kappa shape index (κ3) is 9.76. The maximum atomic E-state index is 13.6. The first-order valence-corrected chi connectivity index (χ1v) is 13.4. The minimum Gasteiger partial charge on any atom is -0.497 e. The van der Waals surface area contributed by atoms with E-state index < -0.39 is 24.0 Å². The van der Waals surface area contributed by atoms with Crippen LogP contribution in [0.2, 0.25) is 0 Å². The molecule has 0 spiro atoms. The Balaban J connectivity index is 2.23. The number of carbonyl (C=O) groups is 2. The zero-order chi connectivity index (χ0) is 28.2. The van der Waals surface area contributed by atoms with Crippen LogP contribution in [-0.4, -0.2) is 54.5 Å². The van der Waals surface area contributed by atoms with Crippen molar-refractivity contribution in [3.63, 3.8) is 0 Å². The Morgan fingerprint density at radius 2 is 1.89 bits per heavy atom. The largest absolute Gasteiger partial charge is 0.497 e. The van der Waals surface area contributed by atoms with Crippen LogP contribution in [-0.2, 0) is 20.9 Å². The quantitative estimate of drug-likeness (QED) is 0.273. The Hall–Kier alpha value is -2.90. The van der Waals surface area contributed by atoms with E-state index in [4.69, 9.17) is 14.2 Å². The zero-order valence-electron chi connectivity index (χ0n) is 23.9. The normalized spacial score (nSPS) is 17.3. The van der Waals surface area contributed by atoms with Gasteiger partial charge in [-0.1, -0.05) is 49.3 Å². The molecule has 2 rings (SSSR count). The maximum absolute atomic E-state index is 13.6. The Kier molecular flexibility index (Phi) is 12.8. The first kappa shape index (κ1) is 31.3. The molecule has 0 aromatic heterocycles. The third-order valence-electron chi connectivity index (χ3n) is 6.66. The fraction of sp³-hybridized carbons (Fsp3) is 0.548. The van der Waals surface area contributed by atoms with Crippen LogP contribution in [0.3, 0.4) is 0 Å². The van der Waals surface area contributed by atoms with E-state index in [9.17, 15) is 14.7 Å². The van der Waals surface area contributed by atoms with Crippen molar-refractivity contribution in [2.45, 2.75) is 79.1 Å². The molecule has 38 heavy (non-hydrogen) atoms. The van der Waals surface area contributed by atoms with Crippen molar-refractivity contribution in [1.82, 2.24) is 4.90 Å². The van der Waals surface area contributed by atoms with Gasteiger partial charge < -0.3 is 19.3 Å². The predicted octanol–water partition coefficient (Wildman–Crippen LogP) is 6.22. The van der Waals surface area contributed by atoms with Gasteiger partial charge in [0.1, 0.15) is 12.4 Å². The topological polar surface area (TPSA) is 85.3 Å². The zero-order valence-corrected chi connectivity index (χ0v) is 23.9. The molecule has 1 aliphatic heterocycles. The van der Waals surface area contributed by atoms with Crippen molar-refractivity contribution < 1.29 is 28.9 Å². The van der Waals surface area contributed by atoms with Crippen LogP contribution < -0.4 is 4.74 Å². The second kappa shape index (κ2) is 15.5. The number of cyclic esters (lactones) is 1. The van der Waals surface area contributed by atoms with E-state index in [1.807, 2.05) is 58.9 Å². The van der Waals surface area contributed by atoms with E-state index in [1.165, 1.54) is 10.5 Å². The Morgan fingerprint density at radius 3 is 2.47 bits per heavy atom. The minimum atomic E-state index is -1.07. The highest BCUT2D eigenvalue weighted by molar-refractivity contribution is 5.95. The van der Waals surface area contributed by atoms with Crippen molar-refractivity contribution in [3.05, 3.63) is 65.3 Å². The van der Waals surface area contributed by atoms with Gasteiger partial charge >= 0.3 is 6.09 Å². The second-order valence-corrected chi connectivity index (χ2v) is 10.7. The Morgan fingerprint density at radius 1 is 1.21 bits per heavy atom. The van der Waals surface area contributed by atoms with Gasteiger partial charge in [-0.25, -0.2) is 9.69 Å². The van der Waals surface area contributed by atoms with E-state index in [-0.39, 0.29) is 18.6 Å². The second-order valence-electron chi connectivity index (χ2n) is 10.7. The number of hydrogen-bond donors (Lipinski definition) is 1. The third-order valence-corrected chi connectivity index (χ3v) is 6.66. The molecule has 1 heterocycles. The maximum Gasteiger partial charge on any atom is 0.416 e. The molecule has 210 valence electrons. The van der Waals surface area contributed by atoms with Crippen molar-refractivity contribution >= 4 is 12.0 Å². The summed E-state index contributed by atoms with van der Waals surface area (Å²) in [4.78, 5) is 27.3. The predicted molar refractivity (Wildman–Crippen MR) is 150 cm³/mol. The fourth-order valence-electron chi connectivity index (χ4n) is 4.33. The lowest BCUT2D eigenvalue weighted by Crippen LogP contribution is -2.47. The molecule has 0 saturated carbocycles. The van der Waals surface area contributed by atoms with Crippen LogP contribution >= 0.6 is 0 Å². The van der Waals surface area contributed by atoms with Gasteiger partial charge in [-0.3, -0.25) is 4.79 Å². The van der Waals surface area contributed by atoms with Gasteiger partial charge in [-0.2, -0.15) is 0 Å². The van der Waals surface area contributed by atoms with Crippen molar-refractivity contribution in [2.75, 3.05) is 20.3 Å². The van der Waals surface area contributed by atoms with Crippen LogP contribution in [0.4, 0.5) is 4.79 Å². The molecular formula is C31H45NO6. The number of hydrogen-bond acceptors (Lipinski definition) is 6. The molecule has 1 aliphatic rings. The van der Waals surface area contributed by atoms with Crippen molar-refractivity contribution in [1.29, 1.82) is 0 Å². The lowest BCUT2D eigenvalue weighted by Gasteiger charge is -2.29. The van der Waals surface area contributed by atoms with E-state index in [1.54, 1.807) is 13.2 Å². The summed E-state index contributed by atoms with van der Waals surface area (Å²) in [6.45, 7) is 14.7. The first-order valence-electron chi connectivity index (χ1n) is 13.4. The number of amides is 2. The van der Waals surface area contributed by atoms with E-state index in [2.05, 4.69) is 12.7 Å². The number of allylic oxidation sites excluding steroid dienone is 3. The van der Waals surface area contributed by atoms with Gasteiger partial charge in [-0.05, 0) is 75.6 Å². The lowest BCUT2D eigenvalue weighted by molar-refractivity contribution is -0.137. The van der Waals surface area contributed by atoms with Gasteiger partial charge in [-0.15, -0.1) is 6.58 Å². The van der Waals surface area contributed by atoms with E-state index in [0.29, 0.717) is 32.5 Å². The molecule has 1 fully saturated rings. The molecule has 1 N–H and O–H groups in total. The van der Waals surface area contributed by atoms with Crippen LogP contribution in [0.1, 0.15) is 65.9 Å². The average molecular weight is 528 g/mol. The standard InChI is InChI=1S/C31H45NO6/c1-21(2)9-8-10-25(19-37-18-24-12-14-26(36-7)15-13-24)17-29(33)27(16-11-22(3)4)30(34)32-28(23(5)6)20-38-31(32)35/h9,12-15,17,23,27-29,33H,3,8,10-11,16,18-20H2,1-2,4-7H3/b25-17-/t27-,28+,29+/m1/s1. The molecule has 0 radical (unpaired) electrons. The minimum absolute atomic E-state index is 0.0471. The molecule has 0 unspecified atom stereocenters. The van der Waals surface area contributed by atoms with Crippen LogP contribution in [0.15, 0.2) is 59.7 Å². The molecule has 7 heteroatoms. The van der Waals surface area contributed by atoms with Crippen LogP contribution in [0.25, 0.3) is 0 Å². The number of carbonyl (C=O) groups excluding carboxylic acids is 2. The summed E-state index contributed by atoms with van der Waals surface area (Å²) in [5, 5.41) is 11.3. The van der Waals surface area contributed by atoms with Crippen LogP contribution in [0, 0.1) is 11.8 Å².